The molecule has 1 aromatic carbocycles. The molecule has 0 N–H and O–H groups in total. The monoisotopic (exact) mass is 254 g/mol. The van der Waals surface area contributed by atoms with Gasteiger partial charge in [0.15, 0.2) is 0 Å². The zero-order valence-electron chi connectivity index (χ0n) is 8.75. The molecule has 2 atom stereocenters. The number of Topliss-reactive ketones (excluding diaryl/α,β-unsaturated/α-hetero) is 1. The van der Waals surface area contributed by atoms with Crippen LogP contribution < -0.4 is 0 Å². The number of rotatable bonds is 3. The van der Waals surface area contributed by atoms with Crippen molar-refractivity contribution in [3.05, 3.63) is 35.4 Å². The SMILES string of the molecule is CC(=O)C(Br)C(C)c1ccc(C)cc1. The average Bonchev–Trinajstić information content (AvgIpc) is 2.16. The molecule has 2 unspecified atom stereocenters. The number of alkyl halides is 1. The first-order valence-corrected chi connectivity index (χ1v) is 5.65. The molecule has 1 aromatic rings. The highest BCUT2D eigenvalue weighted by Gasteiger charge is 2.19. The minimum atomic E-state index is -0.0785. The number of halogens is 1. The number of hydrogen-bond donors (Lipinski definition) is 0. The quantitative estimate of drug-likeness (QED) is 0.756. The average molecular weight is 255 g/mol. The lowest BCUT2D eigenvalue weighted by molar-refractivity contribution is -0.116. The second-order valence-corrected chi connectivity index (χ2v) is 4.70. The third-order valence-electron chi connectivity index (χ3n) is 2.43. The van der Waals surface area contributed by atoms with Crippen LogP contribution in [0.15, 0.2) is 24.3 Å². The summed E-state index contributed by atoms with van der Waals surface area (Å²) in [5.74, 6) is 0.408. The summed E-state index contributed by atoms with van der Waals surface area (Å²) in [6.07, 6.45) is 0. The van der Waals surface area contributed by atoms with Crippen LogP contribution in [0.5, 0.6) is 0 Å². The van der Waals surface area contributed by atoms with Crippen LogP contribution >= 0.6 is 15.9 Å². The highest BCUT2D eigenvalue weighted by molar-refractivity contribution is 9.10. The van der Waals surface area contributed by atoms with Gasteiger partial charge in [-0.1, -0.05) is 52.7 Å². The third-order valence-corrected chi connectivity index (χ3v) is 3.87. The molecule has 0 heterocycles. The van der Waals surface area contributed by atoms with Gasteiger partial charge in [-0.15, -0.1) is 0 Å². The van der Waals surface area contributed by atoms with Gasteiger partial charge in [-0.05, 0) is 19.4 Å². The lowest BCUT2D eigenvalue weighted by atomic mass is 9.95. The van der Waals surface area contributed by atoms with Gasteiger partial charge in [-0.25, -0.2) is 0 Å². The third kappa shape index (κ3) is 2.68. The largest absolute Gasteiger partial charge is 0.299 e. The summed E-state index contributed by atoms with van der Waals surface area (Å²) in [4.78, 5) is 11.1. The van der Waals surface area contributed by atoms with Gasteiger partial charge in [-0.2, -0.15) is 0 Å². The number of carbonyl (C=O) groups excluding carboxylic acids is 1. The van der Waals surface area contributed by atoms with Crippen molar-refractivity contribution in [2.45, 2.75) is 31.5 Å². The second kappa shape index (κ2) is 4.74. The Balaban J connectivity index is 2.84. The van der Waals surface area contributed by atoms with Crippen molar-refractivity contribution in [1.82, 2.24) is 0 Å². The van der Waals surface area contributed by atoms with Crippen LogP contribution in [0.1, 0.15) is 30.9 Å². The Hall–Kier alpha value is -0.630. The zero-order chi connectivity index (χ0) is 10.7. The van der Waals surface area contributed by atoms with Crippen molar-refractivity contribution in [3.63, 3.8) is 0 Å². The van der Waals surface area contributed by atoms with Crippen LogP contribution in [0.25, 0.3) is 0 Å². The van der Waals surface area contributed by atoms with Gasteiger partial charge in [0.25, 0.3) is 0 Å². The van der Waals surface area contributed by atoms with Crippen molar-refractivity contribution in [2.24, 2.45) is 0 Å². The molecule has 0 aliphatic heterocycles. The van der Waals surface area contributed by atoms with E-state index in [4.69, 9.17) is 0 Å². The predicted molar refractivity (Wildman–Crippen MR) is 63.0 cm³/mol. The van der Waals surface area contributed by atoms with E-state index in [9.17, 15) is 4.79 Å². The minimum Gasteiger partial charge on any atom is -0.299 e. The smallest absolute Gasteiger partial charge is 0.144 e. The molecule has 0 spiro atoms. The van der Waals surface area contributed by atoms with E-state index in [2.05, 4.69) is 54.0 Å². The first-order chi connectivity index (χ1) is 6.52. The zero-order valence-corrected chi connectivity index (χ0v) is 10.3. The van der Waals surface area contributed by atoms with E-state index < -0.39 is 0 Å². The maximum Gasteiger partial charge on any atom is 0.144 e. The van der Waals surface area contributed by atoms with Crippen LogP contribution in [0, 0.1) is 6.92 Å². The summed E-state index contributed by atoms with van der Waals surface area (Å²) in [5.41, 5.74) is 2.45. The fourth-order valence-electron chi connectivity index (χ4n) is 1.39. The summed E-state index contributed by atoms with van der Waals surface area (Å²) in [7, 11) is 0. The van der Waals surface area contributed by atoms with E-state index in [1.54, 1.807) is 6.92 Å². The first-order valence-electron chi connectivity index (χ1n) is 4.73. The molecule has 0 aliphatic rings. The molecular weight excluding hydrogens is 240 g/mol. The fourth-order valence-corrected chi connectivity index (χ4v) is 1.70. The standard InChI is InChI=1S/C12H15BrO/c1-8-4-6-11(7-5-8)9(2)12(13)10(3)14/h4-7,9,12H,1-3H3. The lowest BCUT2D eigenvalue weighted by Gasteiger charge is -2.16. The maximum atomic E-state index is 11.2. The van der Waals surface area contributed by atoms with Crippen LogP contribution in [-0.4, -0.2) is 10.6 Å². The van der Waals surface area contributed by atoms with Gasteiger partial charge in [-0.3, -0.25) is 4.79 Å². The summed E-state index contributed by atoms with van der Waals surface area (Å²) < 4.78 is 0. The molecule has 0 saturated heterocycles. The lowest BCUT2D eigenvalue weighted by Crippen LogP contribution is -2.17. The molecule has 2 heteroatoms. The van der Waals surface area contributed by atoms with Crippen LogP contribution in [0.3, 0.4) is 0 Å². The molecule has 1 nitrogen and oxygen atoms in total. The van der Waals surface area contributed by atoms with E-state index in [0.29, 0.717) is 0 Å². The molecular formula is C12H15BrO. The number of hydrogen-bond acceptors (Lipinski definition) is 1. The Morgan fingerprint density at radius 3 is 2.21 bits per heavy atom. The molecule has 0 amide bonds. The van der Waals surface area contributed by atoms with Crippen LogP contribution in [0.4, 0.5) is 0 Å². The second-order valence-electron chi connectivity index (χ2n) is 3.71. The molecule has 76 valence electrons. The summed E-state index contributed by atoms with van der Waals surface area (Å²) in [6.45, 7) is 5.74. The Bertz CT molecular complexity index is 316. The van der Waals surface area contributed by atoms with Crippen molar-refractivity contribution < 1.29 is 4.79 Å². The first kappa shape index (κ1) is 11.4. The number of benzene rings is 1. The van der Waals surface area contributed by atoms with E-state index in [-0.39, 0.29) is 16.5 Å². The molecule has 0 aromatic heterocycles. The maximum absolute atomic E-state index is 11.2. The Morgan fingerprint density at radius 2 is 1.79 bits per heavy atom. The van der Waals surface area contributed by atoms with Crippen molar-refractivity contribution >= 4 is 21.7 Å². The van der Waals surface area contributed by atoms with Crippen molar-refractivity contribution in [2.75, 3.05) is 0 Å². The Morgan fingerprint density at radius 1 is 1.29 bits per heavy atom. The molecule has 14 heavy (non-hydrogen) atoms. The Kier molecular flexibility index (Phi) is 3.87. The van der Waals surface area contributed by atoms with Gasteiger partial charge in [0.1, 0.15) is 5.78 Å². The fraction of sp³-hybridized carbons (Fsp3) is 0.417. The van der Waals surface area contributed by atoms with Gasteiger partial charge in [0, 0.05) is 5.92 Å². The van der Waals surface area contributed by atoms with Crippen molar-refractivity contribution in [1.29, 1.82) is 0 Å². The van der Waals surface area contributed by atoms with Gasteiger partial charge >= 0.3 is 0 Å². The normalized spacial score (nSPS) is 14.9. The van der Waals surface area contributed by atoms with E-state index in [1.807, 2.05) is 0 Å². The van der Waals surface area contributed by atoms with Gasteiger partial charge in [0.2, 0.25) is 0 Å². The van der Waals surface area contributed by atoms with Gasteiger partial charge < -0.3 is 0 Å². The van der Waals surface area contributed by atoms with E-state index in [1.165, 1.54) is 11.1 Å². The summed E-state index contributed by atoms with van der Waals surface area (Å²) in [6, 6.07) is 8.31. The predicted octanol–water partition coefficient (Wildman–Crippen LogP) is 3.45. The molecule has 0 radical (unpaired) electrons. The van der Waals surface area contributed by atoms with Crippen molar-refractivity contribution in [3.8, 4) is 0 Å². The van der Waals surface area contributed by atoms with Gasteiger partial charge in [0.05, 0.1) is 4.83 Å². The highest BCUT2D eigenvalue weighted by atomic mass is 79.9. The molecule has 1 rings (SSSR count). The highest BCUT2D eigenvalue weighted by Crippen LogP contribution is 2.25. The summed E-state index contributed by atoms with van der Waals surface area (Å²) in [5, 5.41) is 0. The van der Waals surface area contributed by atoms with E-state index in [0.717, 1.165) is 0 Å². The number of aryl methyl sites for hydroxylation is 1. The van der Waals surface area contributed by atoms with Crippen LogP contribution in [-0.2, 0) is 4.79 Å². The Labute approximate surface area is 93.7 Å². The number of carbonyl (C=O) groups is 1. The topological polar surface area (TPSA) is 17.1 Å². The summed E-state index contributed by atoms with van der Waals surface area (Å²) >= 11 is 3.41. The minimum absolute atomic E-state index is 0.0785. The number of ketones is 1. The molecule has 0 bridgehead atoms. The molecule has 0 aliphatic carbocycles. The molecule has 0 fully saturated rings. The molecule has 0 saturated carbocycles. The van der Waals surface area contributed by atoms with Crippen LogP contribution in [0.2, 0.25) is 0 Å². The van der Waals surface area contributed by atoms with E-state index >= 15 is 0 Å².